The first-order valence-electron chi connectivity index (χ1n) is 7.16. The third-order valence-electron chi connectivity index (χ3n) is 3.59. The van der Waals surface area contributed by atoms with Crippen molar-refractivity contribution in [3.63, 3.8) is 0 Å². The number of nitrogens with zero attached hydrogens (tertiary/aromatic N) is 3. The third-order valence-corrected chi connectivity index (χ3v) is 3.59. The van der Waals surface area contributed by atoms with Gasteiger partial charge in [-0.1, -0.05) is 0 Å². The Morgan fingerprint density at radius 1 is 1.62 bits per heavy atom. The van der Waals surface area contributed by atoms with Crippen LogP contribution in [0.25, 0.3) is 11.2 Å². The third kappa shape index (κ3) is 3.08. The monoisotopic (exact) mass is 341 g/mol. The summed E-state index contributed by atoms with van der Waals surface area (Å²) in [5.74, 6) is -0.681. The van der Waals surface area contributed by atoms with E-state index in [1.807, 2.05) is 0 Å². The second-order valence-electron chi connectivity index (χ2n) is 5.27. The van der Waals surface area contributed by atoms with Crippen LogP contribution in [0.5, 0.6) is 0 Å². The van der Waals surface area contributed by atoms with Crippen molar-refractivity contribution in [2.45, 2.75) is 24.9 Å². The largest absolute Gasteiger partial charge is 0.461 e. The van der Waals surface area contributed by atoms with E-state index in [9.17, 15) is 14.0 Å². The number of fused-ring (bicyclic) bond motifs is 1. The zero-order valence-electron chi connectivity index (χ0n) is 12.8. The molecule has 1 fully saturated rings. The number of nitrogen functional groups attached to an aromatic ring is 1. The summed E-state index contributed by atoms with van der Waals surface area (Å²) in [6.07, 6.45) is -1.66. The van der Waals surface area contributed by atoms with Crippen molar-refractivity contribution in [1.82, 2.24) is 19.5 Å². The van der Waals surface area contributed by atoms with Crippen LogP contribution in [0.1, 0.15) is 12.6 Å². The second-order valence-corrected chi connectivity index (χ2v) is 5.27. The molecule has 1 aliphatic rings. The van der Waals surface area contributed by atoms with Crippen molar-refractivity contribution < 1.29 is 23.4 Å². The minimum absolute atomic E-state index is 0.00629. The summed E-state index contributed by atoms with van der Waals surface area (Å²) in [5.41, 5.74) is 5.31. The molecule has 3 atom stereocenters. The number of carbonyl (C=O) groups is 1. The first-order valence-corrected chi connectivity index (χ1v) is 7.16. The molecule has 0 bridgehead atoms. The highest BCUT2D eigenvalue weighted by Gasteiger charge is 2.38. The van der Waals surface area contributed by atoms with Crippen molar-refractivity contribution in [3.8, 4) is 0 Å². The zero-order chi connectivity index (χ0) is 17.3. The number of carbonyl (C=O) groups excluding carboxylic acids is 1. The van der Waals surface area contributed by atoms with Crippen molar-refractivity contribution in [1.29, 1.82) is 0 Å². The first-order chi connectivity index (χ1) is 11.5. The molecule has 130 valence electrons. The number of hydrogen-bond acceptors (Lipinski definition) is 8. The minimum atomic E-state index is -1.35. The van der Waals surface area contributed by atoms with E-state index in [0.717, 1.165) is 0 Å². The van der Waals surface area contributed by atoms with Crippen LogP contribution < -0.4 is 11.3 Å². The quantitative estimate of drug-likeness (QED) is 0.696. The summed E-state index contributed by atoms with van der Waals surface area (Å²) in [6.45, 7) is -0.451. The molecule has 3 heterocycles. The minimum Gasteiger partial charge on any atom is -0.461 e. The van der Waals surface area contributed by atoms with E-state index in [1.165, 1.54) is 18.0 Å². The average Bonchev–Trinajstić information content (AvgIpc) is 3.09. The second kappa shape index (κ2) is 6.53. The maximum Gasteiger partial charge on any atom is 0.332 e. The van der Waals surface area contributed by atoms with E-state index in [-0.39, 0.29) is 36.7 Å². The molecule has 0 spiro atoms. The van der Waals surface area contributed by atoms with E-state index in [4.69, 9.17) is 15.2 Å². The van der Waals surface area contributed by atoms with Gasteiger partial charge in [-0.05, 0) is 0 Å². The van der Waals surface area contributed by atoms with Crippen LogP contribution in [0.15, 0.2) is 11.1 Å². The van der Waals surface area contributed by atoms with Crippen LogP contribution in [-0.4, -0.2) is 58.1 Å². The molecule has 1 saturated heterocycles. The Hall–Kier alpha value is -2.53. The Labute approximate surface area is 134 Å². The number of aromatic nitrogens is 4. The van der Waals surface area contributed by atoms with Gasteiger partial charge in [-0.25, -0.2) is 14.2 Å². The van der Waals surface area contributed by atoms with E-state index >= 15 is 0 Å². The van der Waals surface area contributed by atoms with Crippen LogP contribution in [0, 0.1) is 0 Å². The van der Waals surface area contributed by atoms with E-state index in [2.05, 4.69) is 19.7 Å². The Morgan fingerprint density at radius 2 is 2.42 bits per heavy atom. The highest BCUT2D eigenvalue weighted by atomic mass is 19.1. The van der Waals surface area contributed by atoms with Gasteiger partial charge in [0.1, 0.15) is 31.7 Å². The highest BCUT2D eigenvalue weighted by molar-refractivity contribution is 5.71. The van der Waals surface area contributed by atoms with Gasteiger partial charge in [0.25, 0.3) is 5.56 Å². The number of aromatic amines is 1. The molecule has 24 heavy (non-hydrogen) atoms. The number of nitrogens with two attached hydrogens (primary N) is 1. The number of methoxy groups -OCH3 is 1. The number of hydrogen-bond donors (Lipinski definition) is 2. The molecule has 10 nitrogen and oxygen atoms in total. The molecule has 0 radical (unpaired) electrons. The molecule has 1 aliphatic heterocycles. The van der Waals surface area contributed by atoms with Crippen LogP contribution in [0.4, 0.5) is 10.3 Å². The standard InChI is InChI=1S/C13H16FN5O5/c1-22-4-9(20)23-3-7-6(14)2-8(24-7)19-5-16-10-11(19)17-13(15)18-12(10)21/h5-8H,2-4H2,1H3,(H3,15,17,18,21). The van der Waals surface area contributed by atoms with Gasteiger partial charge in [0, 0.05) is 13.5 Å². The zero-order valence-corrected chi connectivity index (χ0v) is 12.8. The molecule has 0 aliphatic carbocycles. The molecule has 2 aromatic rings. The van der Waals surface area contributed by atoms with Crippen molar-refractivity contribution in [2.24, 2.45) is 0 Å². The molecule has 11 heteroatoms. The molecule has 3 rings (SSSR count). The van der Waals surface area contributed by atoms with Crippen molar-refractivity contribution in [2.75, 3.05) is 26.1 Å². The Kier molecular flexibility index (Phi) is 4.44. The summed E-state index contributed by atoms with van der Waals surface area (Å²) in [4.78, 5) is 33.3. The Morgan fingerprint density at radius 3 is 3.17 bits per heavy atom. The molecule has 3 N–H and O–H groups in total. The lowest BCUT2D eigenvalue weighted by Crippen LogP contribution is -2.26. The lowest BCUT2D eigenvalue weighted by Gasteiger charge is -2.15. The Balaban J connectivity index is 1.75. The molecule has 0 aromatic carbocycles. The van der Waals surface area contributed by atoms with Crippen LogP contribution in [0.3, 0.4) is 0 Å². The summed E-state index contributed by atoms with van der Waals surface area (Å²) in [6, 6.07) is 0. The van der Waals surface area contributed by atoms with E-state index < -0.39 is 30.0 Å². The fraction of sp³-hybridized carbons (Fsp3) is 0.538. The summed E-state index contributed by atoms with van der Waals surface area (Å²) in [7, 11) is 1.35. The van der Waals surface area contributed by atoms with Crippen LogP contribution in [0.2, 0.25) is 0 Å². The normalized spacial score (nSPS) is 23.7. The van der Waals surface area contributed by atoms with Gasteiger partial charge in [-0.2, -0.15) is 4.98 Å². The van der Waals surface area contributed by atoms with Gasteiger partial charge in [-0.3, -0.25) is 14.3 Å². The first kappa shape index (κ1) is 16.3. The van der Waals surface area contributed by atoms with Crippen LogP contribution in [-0.2, 0) is 19.0 Å². The number of esters is 1. The van der Waals surface area contributed by atoms with Crippen LogP contribution >= 0.6 is 0 Å². The van der Waals surface area contributed by atoms with Crippen molar-refractivity contribution in [3.05, 3.63) is 16.7 Å². The summed E-state index contributed by atoms with van der Waals surface area (Å²) < 4.78 is 30.6. The maximum absolute atomic E-state index is 14.1. The lowest BCUT2D eigenvalue weighted by atomic mass is 10.2. The van der Waals surface area contributed by atoms with E-state index in [1.54, 1.807) is 0 Å². The fourth-order valence-corrected chi connectivity index (χ4v) is 2.50. The van der Waals surface area contributed by atoms with Gasteiger partial charge < -0.3 is 19.9 Å². The predicted octanol–water partition coefficient (Wildman–Crippen LogP) is -0.483. The molecule has 0 amide bonds. The number of alkyl halides is 1. The SMILES string of the molecule is COCC(=O)OCC1OC(n2cnc3c(=O)[nH]c(N)nc32)CC1F. The number of anilines is 1. The van der Waals surface area contributed by atoms with Gasteiger partial charge in [0.2, 0.25) is 5.95 Å². The van der Waals surface area contributed by atoms with Gasteiger partial charge >= 0.3 is 5.97 Å². The average molecular weight is 341 g/mol. The van der Waals surface area contributed by atoms with Crippen molar-refractivity contribution >= 4 is 23.1 Å². The molecule has 0 saturated carbocycles. The number of nitrogens with one attached hydrogen (secondary N) is 1. The summed E-state index contributed by atoms with van der Waals surface area (Å²) >= 11 is 0. The molecule has 2 aromatic heterocycles. The number of ether oxygens (including phenoxy) is 3. The fourth-order valence-electron chi connectivity index (χ4n) is 2.50. The van der Waals surface area contributed by atoms with Gasteiger partial charge in [0.15, 0.2) is 11.2 Å². The van der Waals surface area contributed by atoms with Gasteiger partial charge in [0.05, 0.1) is 6.33 Å². The number of imidazole rings is 1. The highest BCUT2D eigenvalue weighted by Crippen LogP contribution is 2.32. The molecular formula is C13H16FN5O5. The Bertz CT molecular complexity index is 806. The number of H-pyrrole nitrogens is 1. The lowest BCUT2D eigenvalue weighted by molar-refractivity contribution is -0.153. The van der Waals surface area contributed by atoms with E-state index in [0.29, 0.717) is 0 Å². The molecule has 3 unspecified atom stereocenters. The smallest absolute Gasteiger partial charge is 0.332 e. The molecular weight excluding hydrogens is 325 g/mol. The summed E-state index contributed by atoms with van der Waals surface area (Å²) in [5, 5.41) is 0. The topological polar surface area (TPSA) is 134 Å². The van der Waals surface area contributed by atoms with Gasteiger partial charge in [-0.15, -0.1) is 0 Å². The number of halogens is 1. The predicted molar refractivity (Wildman–Crippen MR) is 78.8 cm³/mol. The maximum atomic E-state index is 14.1. The number of rotatable bonds is 5.